The number of benzene rings is 1. The SMILES string of the molecule is Cc1cc(N[C@H]2CC[C@@H](Oc3cc(N4CCOCC4)cc4nccnc34)CC2)n[nH]1. The van der Waals surface area contributed by atoms with Gasteiger partial charge in [-0.2, -0.15) is 5.10 Å². The fourth-order valence-corrected chi connectivity index (χ4v) is 4.33. The van der Waals surface area contributed by atoms with Gasteiger partial charge in [0.15, 0.2) is 0 Å². The maximum atomic E-state index is 6.49. The molecule has 2 aliphatic rings. The Morgan fingerprint density at radius 1 is 1.07 bits per heavy atom. The van der Waals surface area contributed by atoms with Crippen LogP contribution in [0.15, 0.2) is 30.6 Å². The highest BCUT2D eigenvalue weighted by Gasteiger charge is 2.24. The highest BCUT2D eigenvalue weighted by atomic mass is 16.5. The molecule has 3 aromatic rings. The smallest absolute Gasteiger partial charge is 0.149 e. The molecule has 2 N–H and O–H groups in total. The van der Waals surface area contributed by atoms with E-state index >= 15 is 0 Å². The van der Waals surface area contributed by atoms with E-state index in [1.54, 1.807) is 12.4 Å². The lowest BCUT2D eigenvalue weighted by Gasteiger charge is -2.31. The third kappa shape index (κ3) is 4.18. The first-order valence-electron chi connectivity index (χ1n) is 10.8. The third-order valence-electron chi connectivity index (χ3n) is 5.93. The summed E-state index contributed by atoms with van der Waals surface area (Å²) in [5.41, 5.74) is 3.91. The van der Waals surface area contributed by atoms with Gasteiger partial charge in [0.1, 0.15) is 17.1 Å². The van der Waals surface area contributed by atoms with Crippen LogP contribution in [0, 0.1) is 6.92 Å². The summed E-state index contributed by atoms with van der Waals surface area (Å²) in [4.78, 5) is 11.4. The van der Waals surface area contributed by atoms with Gasteiger partial charge >= 0.3 is 0 Å². The Balaban J connectivity index is 1.29. The van der Waals surface area contributed by atoms with Crippen molar-refractivity contribution in [3.63, 3.8) is 0 Å². The van der Waals surface area contributed by atoms with Crippen LogP contribution in [0.1, 0.15) is 31.4 Å². The minimum atomic E-state index is 0.189. The number of nitrogens with one attached hydrogen (secondary N) is 2. The van der Waals surface area contributed by atoms with Gasteiger partial charge in [0.05, 0.1) is 24.8 Å². The van der Waals surface area contributed by atoms with Crippen LogP contribution < -0.4 is 15.0 Å². The van der Waals surface area contributed by atoms with E-state index in [4.69, 9.17) is 9.47 Å². The van der Waals surface area contributed by atoms with Crippen molar-refractivity contribution in [2.75, 3.05) is 36.5 Å². The van der Waals surface area contributed by atoms with Crippen LogP contribution in [0.25, 0.3) is 11.0 Å². The quantitative estimate of drug-likeness (QED) is 0.670. The maximum Gasteiger partial charge on any atom is 0.149 e. The van der Waals surface area contributed by atoms with Gasteiger partial charge in [-0.15, -0.1) is 0 Å². The molecular weight excluding hydrogens is 380 g/mol. The van der Waals surface area contributed by atoms with Crippen molar-refractivity contribution < 1.29 is 9.47 Å². The molecule has 1 saturated heterocycles. The number of aromatic amines is 1. The Hall–Kier alpha value is -2.87. The second-order valence-corrected chi connectivity index (χ2v) is 8.14. The van der Waals surface area contributed by atoms with E-state index in [2.05, 4.69) is 42.5 Å². The molecule has 1 aromatic carbocycles. The Morgan fingerprint density at radius 3 is 2.63 bits per heavy atom. The number of hydrogen-bond donors (Lipinski definition) is 2. The largest absolute Gasteiger partial charge is 0.488 e. The summed E-state index contributed by atoms with van der Waals surface area (Å²) in [6.45, 7) is 5.28. The summed E-state index contributed by atoms with van der Waals surface area (Å²) in [6.07, 6.45) is 7.79. The van der Waals surface area contributed by atoms with E-state index in [0.29, 0.717) is 6.04 Å². The number of H-pyrrole nitrogens is 1. The second kappa shape index (κ2) is 8.47. The van der Waals surface area contributed by atoms with Crippen LogP contribution in [0.2, 0.25) is 0 Å². The highest BCUT2D eigenvalue weighted by molar-refractivity contribution is 5.85. The van der Waals surface area contributed by atoms with E-state index in [0.717, 1.165) is 86.0 Å². The molecule has 158 valence electrons. The second-order valence-electron chi connectivity index (χ2n) is 8.14. The van der Waals surface area contributed by atoms with Crippen molar-refractivity contribution in [1.82, 2.24) is 20.2 Å². The van der Waals surface area contributed by atoms with Crippen LogP contribution in [0.3, 0.4) is 0 Å². The number of nitrogens with zero attached hydrogens (tertiary/aromatic N) is 4. The lowest BCUT2D eigenvalue weighted by atomic mass is 9.93. The summed E-state index contributed by atoms with van der Waals surface area (Å²) in [5, 5.41) is 10.8. The number of morpholine rings is 1. The van der Waals surface area contributed by atoms with Crippen LogP contribution in [-0.4, -0.2) is 58.6 Å². The molecule has 0 amide bonds. The molecule has 2 aromatic heterocycles. The van der Waals surface area contributed by atoms with Gasteiger partial charge < -0.3 is 19.7 Å². The van der Waals surface area contributed by atoms with Gasteiger partial charge in [-0.25, -0.2) is 4.98 Å². The first kappa shape index (κ1) is 19.1. The molecule has 30 heavy (non-hydrogen) atoms. The van der Waals surface area contributed by atoms with Crippen LogP contribution in [-0.2, 0) is 4.74 Å². The van der Waals surface area contributed by atoms with Crippen molar-refractivity contribution in [1.29, 1.82) is 0 Å². The van der Waals surface area contributed by atoms with Crippen molar-refractivity contribution in [3.8, 4) is 5.75 Å². The van der Waals surface area contributed by atoms with Crippen molar-refractivity contribution in [2.24, 2.45) is 0 Å². The summed E-state index contributed by atoms with van der Waals surface area (Å²) in [7, 11) is 0. The molecule has 0 bridgehead atoms. The van der Waals surface area contributed by atoms with Gasteiger partial charge in [-0.3, -0.25) is 10.1 Å². The minimum absolute atomic E-state index is 0.189. The zero-order valence-electron chi connectivity index (χ0n) is 17.3. The molecule has 3 heterocycles. The molecule has 1 saturated carbocycles. The number of anilines is 2. The van der Waals surface area contributed by atoms with Crippen LogP contribution in [0.5, 0.6) is 5.75 Å². The molecule has 0 atom stereocenters. The molecule has 1 aliphatic heterocycles. The van der Waals surface area contributed by atoms with Gasteiger partial charge in [-0.1, -0.05) is 0 Å². The average Bonchev–Trinajstić information content (AvgIpc) is 3.20. The topological polar surface area (TPSA) is 88.2 Å². The molecule has 2 fully saturated rings. The van der Waals surface area contributed by atoms with Gasteiger partial charge in [0.25, 0.3) is 0 Å². The summed E-state index contributed by atoms with van der Waals surface area (Å²) < 4.78 is 12.0. The zero-order chi connectivity index (χ0) is 20.3. The number of aromatic nitrogens is 4. The maximum absolute atomic E-state index is 6.49. The number of fused-ring (bicyclic) bond motifs is 1. The molecule has 8 nitrogen and oxygen atoms in total. The molecular formula is C22H28N6O2. The zero-order valence-corrected chi connectivity index (χ0v) is 17.3. The van der Waals surface area contributed by atoms with Gasteiger partial charge in [0, 0.05) is 55.0 Å². The lowest BCUT2D eigenvalue weighted by molar-refractivity contribution is 0.122. The number of rotatable bonds is 5. The molecule has 5 rings (SSSR count). The van der Waals surface area contributed by atoms with E-state index in [-0.39, 0.29) is 6.10 Å². The number of aryl methyl sites for hydroxylation is 1. The van der Waals surface area contributed by atoms with Crippen molar-refractivity contribution in [3.05, 3.63) is 36.3 Å². The molecule has 1 aliphatic carbocycles. The first-order chi connectivity index (χ1) is 14.7. The number of hydrogen-bond acceptors (Lipinski definition) is 7. The predicted octanol–water partition coefficient (Wildman–Crippen LogP) is 3.30. The van der Waals surface area contributed by atoms with Gasteiger partial charge in [-0.05, 0) is 38.7 Å². The molecule has 0 radical (unpaired) electrons. The Bertz CT molecular complexity index is 992. The molecule has 8 heteroatoms. The fourth-order valence-electron chi connectivity index (χ4n) is 4.33. The van der Waals surface area contributed by atoms with E-state index in [9.17, 15) is 0 Å². The first-order valence-corrected chi connectivity index (χ1v) is 10.8. The Labute approximate surface area is 176 Å². The molecule has 0 spiro atoms. The third-order valence-corrected chi connectivity index (χ3v) is 5.93. The lowest BCUT2D eigenvalue weighted by Crippen LogP contribution is -2.36. The molecule has 0 unspecified atom stereocenters. The predicted molar refractivity (Wildman–Crippen MR) is 116 cm³/mol. The monoisotopic (exact) mass is 408 g/mol. The van der Waals surface area contributed by atoms with E-state index in [1.807, 2.05) is 13.0 Å². The van der Waals surface area contributed by atoms with Crippen LogP contribution in [0.4, 0.5) is 11.5 Å². The standard InChI is InChI=1S/C22H28N6O2/c1-15-12-21(27-26-15)25-16-2-4-18(5-3-16)30-20-14-17(28-8-10-29-11-9-28)13-19-22(20)24-7-6-23-19/h6-7,12-14,16,18H,2-5,8-11H2,1H3,(H2,25,26,27)/t16-,18+. The fraction of sp³-hybridized carbons (Fsp3) is 0.500. The van der Waals surface area contributed by atoms with Crippen molar-refractivity contribution in [2.45, 2.75) is 44.8 Å². The Morgan fingerprint density at radius 2 is 1.87 bits per heavy atom. The average molecular weight is 409 g/mol. The van der Waals surface area contributed by atoms with Crippen LogP contribution >= 0.6 is 0 Å². The summed E-state index contributed by atoms with van der Waals surface area (Å²) in [5.74, 6) is 1.76. The highest BCUT2D eigenvalue weighted by Crippen LogP contribution is 2.33. The van der Waals surface area contributed by atoms with E-state index < -0.39 is 0 Å². The summed E-state index contributed by atoms with van der Waals surface area (Å²) >= 11 is 0. The van der Waals surface area contributed by atoms with Crippen molar-refractivity contribution >= 4 is 22.5 Å². The number of ether oxygens (including phenoxy) is 2. The Kier molecular flexibility index (Phi) is 5.40. The van der Waals surface area contributed by atoms with E-state index in [1.165, 1.54) is 0 Å². The summed E-state index contributed by atoms with van der Waals surface area (Å²) in [6, 6.07) is 6.71. The van der Waals surface area contributed by atoms with Gasteiger partial charge in [0.2, 0.25) is 0 Å². The normalized spacial score (nSPS) is 22.2. The minimum Gasteiger partial charge on any atom is -0.488 e.